The SMILES string of the molecule is CN(C)C1CCN(c2ccc(Cc3ncc(F)c(-c4cc(F)c5c(c4)N(c4cccc6c4CCNC6)CCO5)n3)cc2F)CC1. The Morgan fingerprint density at radius 3 is 2.58 bits per heavy atom. The number of hydrogen-bond acceptors (Lipinski definition) is 7. The summed E-state index contributed by atoms with van der Waals surface area (Å²) in [6, 6.07) is 14.8. The van der Waals surface area contributed by atoms with Crippen molar-refractivity contribution in [3.05, 3.63) is 94.7 Å². The molecule has 0 radical (unpaired) electrons. The van der Waals surface area contributed by atoms with E-state index >= 15 is 13.2 Å². The van der Waals surface area contributed by atoms with Crippen LogP contribution in [0.25, 0.3) is 11.3 Å². The van der Waals surface area contributed by atoms with E-state index in [1.807, 2.05) is 18.2 Å². The number of nitrogens with one attached hydrogen (secondary N) is 1. The summed E-state index contributed by atoms with van der Waals surface area (Å²) < 4.78 is 51.8. The lowest BCUT2D eigenvalue weighted by Gasteiger charge is -2.36. The molecule has 0 aliphatic carbocycles. The zero-order chi connectivity index (χ0) is 31.1. The third kappa shape index (κ3) is 5.84. The third-order valence-electron chi connectivity index (χ3n) is 9.26. The van der Waals surface area contributed by atoms with Crippen molar-refractivity contribution >= 4 is 17.1 Å². The fourth-order valence-electron chi connectivity index (χ4n) is 6.85. The van der Waals surface area contributed by atoms with Gasteiger partial charge in [0.05, 0.1) is 24.1 Å². The van der Waals surface area contributed by atoms with Crippen LogP contribution in [0.2, 0.25) is 0 Å². The average molecular weight is 615 g/mol. The van der Waals surface area contributed by atoms with Crippen molar-refractivity contribution in [3.63, 3.8) is 0 Å². The van der Waals surface area contributed by atoms with Gasteiger partial charge in [0.15, 0.2) is 17.4 Å². The second-order valence-electron chi connectivity index (χ2n) is 12.3. The Hall–Kier alpha value is -4.15. The molecule has 3 aliphatic heterocycles. The van der Waals surface area contributed by atoms with Gasteiger partial charge >= 0.3 is 0 Å². The minimum absolute atomic E-state index is 0.00707. The Labute approximate surface area is 261 Å². The Balaban J connectivity index is 1.16. The van der Waals surface area contributed by atoms with Crippen molar-refractivity contribution in [3.8, 4) is 17.0 Å². The van der Waals surface area contributed by atoms with Crippen LogP contribution < -0.4 is 19.9 Å². The van der Waals surface area contributed by atoms with Crippen molar-refractivity contribution in [2.75, 3.05) is 56.7 Å². The van der Waals surface area contributed by atoms with Crippen molar-refractivity contribution in [2.24, 2.45) is 0 Å². The largest absolute Gasteiger partial charge is 0.486 e. The Morgan fingerprint density at radius 1 is 0.933 bits per heavy atom. The molecule has 4 aromatic rings. The molecule has 1 aromatic heterocycles. The molecule has 234 valence electrons. The van der Waals surface area contributed by atoms with Crippen LogP contribution in [0.4, 0.5) is 30.2 Å². The molecule has 0 amide bonds. The molecule has 1 saturated heterocycles. The summed E-state index contributed by atoms with van der Waals surface area (Å²) in [7, 11) is 4.16. The van der Waals surface area contributed by atoms with Gasteiger partial charge in [0.2, 0.25) is 0 Å². The zero-order valence-electron chi connectivity index (χ0n) is 25.6. The molecule has 0 atom stereocenters. The Morgan fingerprint density at radius 2 is 1.78 bits per heavy atom. The van der Waals surface area contributed by atoms with Crippen molar-refractivity contribution in [1.82, 2.24) is 20.2 Å². The molecule has 7 rings (SSSR count). The number of aromatic nitrogens is 2. The predicted molar refractivity (Wildman–Crippen MR) is 170 cm³/mol. The maximum Gasteiger partial charge on any atom is 0.178 e. The van der Waals surface area contributed by atoms with Crippen molar-refractivity contribution in [2.45, 2.75) is 38.3 Å². The van der Waals surface area contributed by atoms with E-state index in [1.165, 1.54) is 23.3 Å². The van der Waals surface area contributed by atoms with Gasteiger partial charge in [0.1, 0.15) is 23.9 Å². The van der Waals surface area contributed by atoms with Gasteiger partial charge in [-0.25, -0.2) is 23.1 Å². The predicted octanol–water partition coefficient (Wildman–Crippen LogP) is 5.86. The first-order valence-electron chi connectivity index (χ1n) is 15.6. The molecule has 3 aliphatic rings. The first-order valence-corrected chi connectivity index (χ1v) is 15.6. The second kappa shape index (κ2) is 12.3. The molecule has 0 saturated carbocycles. The quantitative estimate of drug-likeness (QED) is 0.292. The molecular weight excluding hydrogens is 577 g/mol. The number of piperidine rings is 1. The number of anilines is 3. The highest BCUT2D eigenvalue weighted by atomic mass is 19.1. The van der Waals surface area contributed by atoms with Gasteiger partial charge < -0.3 is 24.8 Å². The summed E-state index contributed by atoms with van der Waals surface area (Å²) in [6.07, 6.45) is 4.14. The third-order valence-corrected chi connectivity index (χ3v) is 9.26. The van der Waals surface area contributed by atoms with Crippen LogP contribution in [-0.2, 0) is 19.4 Å². The summed E-state index contributed by atoms with van der Waals surface area (Å²) >= 11 is 0. The van der Waals surface area contributed by atoms with E-state index in [9.17, 15) is 0 Å². The van der Waals surface area contributed by atoms with Crippen LogP contribution in [0.5, 0.6) is 5.75 Å². The fourth-order valence-corrected chi connectivity index (χ4v) is 6.85. The number of ether oxygens (including phenoxy) is 1. The maximum atomic E-state index is 15.5. The summed E-state index contributed by atoms with van der Waals surface area (Å²) in [5, 5.41) is 3.40. The summed E-state index contributed by atoms with van der Waals surface area (Å²) in [5.41, 5.74) is 5.53. The molecule has 1 N–H and O–H groups in total. The second-order valence-corrected chi connectivity index (χ2v) is 12.3. The van der Waals surface area contributed by atoms with Gasteiger partial charge in [-0.15, -0.1) is 0 Å². The minimum Gasteiger partial charge on any atom is -0.486 e. The number of hydrogen-bond donors (Lipinski definition) is 1. The van der Waals surface area contributed by atoms with E-state index < -0.39 is 11.6 Å². The number of halogens is 3. The molecule has 7 nitrogen and oxygen atoms in total. The lowest BCUT2D eigenvalue weighted by Crippen LogP contribution is -2.42. The van der Waals surface area contributed by atoms with Gasteiger partial charge in [-0.2, -0.15) is 0 Å². The van der Waals surface area contributed by atoms with Crippen LogP contribution >= 0.6 is 0 Å². The molecule has 3 aromatic carbocycles. The van der Waals surface area contributed by atoms with E-state index in [1.54, 1.807) is 12.1 Å². The lowest BCUT2D eigenvalue weighted by atomic mass is 9.97. The number of nitrogens with zero attached hydrogens (tertiary/aromatic N) is 5. The zero-order valence-corrected chi connectivity index (χ0v) is 25.6. The number of benzene rings is 3. The van der Waals surface area contributed by atoms with Crippen LogP contribution in [0.15, 0.2) is 54.7 Å². The lowest BCUT2D eigenvalue weighted by molar-refractivity contribution is 0.249. The molecule has 1 fully saturated rings. The topological polar surface area (TPSA) is 56.8 Å². The highest BCUT2D eigenvalue weighted by Crippen LogP contribution is 2.43. The van der Waals surface area contributed by atoms with Gasteiger partial charge in [0.25, 0.3) is 0 Å². The van der Waals surface area contributed by atoms with Gasteiger partial charge in [-0.3, -0.25) is 0 Å². The van der Waals surface area contributed by atoms with Crippen molar-refractivity contribution in [1.29, 1.82) is 0 Å². The van der Waals surface area contributed by atoms with E-state index in [2.05, 4.69) is 50.1 Å². The van der Waals surface area contributed by atoms with Crippen molar-refractivity contribution < 1.29 is 17.9 Å². The van der Waals surface area contributed by atoms with Crippen LogP contribution in [-0.4, -0.2) is 67.8 Å². The highest BCUT2D eigenvalue weighted by molar-refractivity contribution is 5.78. The van der Waals surface area contributed by atoms with Crippen LogP contribution in [0.1, 0.15) is 35.4 Å². The van der Waals surface area contributed by atoms with E-state index in [4.69, 9.17) is 4.74 Å². The minimum atomic E-state index is -0.660. The molecule has 10 heteroatoms. The molecular formula is C35H37F3N6O. The van der Waals surface area contributed by atoms with Gasteiger partial charge in [-0.05, 0) is 86.9 Å². The Bertz CT molecular complexity index is 1720. The molecule has 0 unspecified atom stereocenters. The van der Waals surface area contributed by atoms with E-state index in [-0.39, 0.29) is 29.2 Å². The fraction of sp³-hybridized carbons (Fsp3) is 0.371. The molecule has 0 spiro atoms. The number of fused-ring (bicyclic) bond motifs is 2. The highest BCUT2D eigenvalue weighted by Gasteiger charge is 2.28. The average Bonchev–Trinajstić information content (AvgIpc) is 3.05. The molecule has 0 bridgehead atoms. The molecule has 4 heterocycles. The van der Waals surface area contributed by atoms with E-state index in [0.29, 0.717) is 42.0 Å². The Kier molecular flexibility index (Phi) is 8.10. The van der Waals surface area contributed by atoms with Gasteiger partial charge in [0, 0.05) is 43.3 Å². The maximum absolute atomic E-state index is 15.5. The normalized spacial score (nSPS) is 16.8. The van der Waals surface area contributed by atoms with Gasteiger partial charge in [-0.1, -0.05) is 18.2 Å². The summed E-state index contributed by atoms with van der Waals surface area (Å²) in [6.45, 7) is 4.12. The smallest absolute Gasteiger partial charge is 0.178 e. The standard InChI is InChI=1S/C35H37F3N6O/c1-42(2)25-9-12-43(13-10-25)31-7-6-22(16-27(31)36)17-33-40-21-29(38)34(41-33)24-18-28(37)35-32(19-24)44(14-15-45-35)30-5-3-4-23-20-39-11-8-26(23)30/h3-7,16,18-19,21,25,39H,8-15,17,20H2,1-2H3. The monoisotopic (exact) mass is 614 g/mol. The summed E-state index contributed by atoms with van der Waals surface area (Å²) in [4.78, 5) is 15.1. The first-order chi connectivity index (χ1) is 21.9. The van der Waals surface area contributed by atoms with E-state index in [0.717, 1.165) is 57.3 Å². The van der Waals surface area contributed by atoms with Crippen LogP contribution in [0.3, 0.4) is 0 Å². The number of rotatable bonds is 6. The summed E-state index contributed by atoms with van der Waals surface area (Å²) in [5.74, 6) is -1.07. The molecule has 45 heavy (non-hydrogen) atoms. The first kappa shape index (κ1) is 29.6. The van der Waals surface area contributed by atoms with Crippen LogP contribution in [0, 0.1) is 17.5 Å².